The molecule has 2 aromatic carbocycles. The molecule has 0 N–H and O–H groups in total. The van der Waals surface area contributed by atoms with Crippen molar-refractivity contribution in [3.63, 3.8) is 0 Å². The van der Waals surface area contributed by atoms with E-state index in [-0.39, 0.29) is 29.3 Å². The zero-order chi connectivity index (χ0) is 25.7. The van der Waals surface area contributed by atoms with Gasteiger partial charge in [0.1, 0.15) is 6.10 Å². The molecule has 2 aromatic rings. The van der Waals surface area contributed by atoms with Crippen molar-refractivity contribution in [2.45, 2.75) is 83.2 Å². The quantitative estimate of drug-likeness (QED) is 0.284. The lowest BCUT2D eigenvalue weighted by Crippen LogP contribution is -2.24. The number of halogens is 3. The molecule has 3 nitrogen and oxygen atoms in total. The van der Waals surface area contributed by atoms with Gasteiger partial charge in [-0.25, -0.2) is 18.0 Å². The summed E-state index contributed by atoms with van der Waals surface area (Å²) < 4.78 is 55.0. The van der Waals surface area contributed by atoms with Gasteiger partial charge in [0, 0.05) is 0 Å². The fourth-order valence-electron chi connectivity index (χ4n) is 5.72. The van der Waals surface area contributed by atoms with Gasteiger partial charge in [-0.1, -0.05) is 24.3 Å². The van der Waals surface area contributed by atoms with Gasteiger partial charge in [0.2, 0.25) is 0 Å². The van der Waals surface area contributed by atoms with Crippen molar-refractivity contribution in [3.8, 4) is 5.75 Å². The summed E-state index contributed by atoms with van der Waals surface area (Å²) in [6.07, 6.45) is 9.99. The second-order valence-electron chi connectivity index (χ2n) is 9.97. The van der Waals surface area contributed by atoms with Crippen LogP contribution in [-0.4, -0.2) is 18.7 Å². The first-order valence-electron chi connectivity index (χ1n) is 13.1. The molecule has 2 fully saturated rings. The Bertz CT molecular complexity index is 1080. The zero-order valence-corrected chi connectivity index (χ0v) is 21.1. The van der Waals surface area contributed by atoms with Crippen LogP contribution in [0.3, 0.4) is 0 Å². The molecule has 2 saturated carbocycles. The molecule has 0 radical (unpaired) electrons. The number of hydrogen-bond acceptors (Lipinski definition) is 3. The summed E-state index contributed by atoms with van der Waals surface area (Å²) in [4.78, 5) is 12.5. The van der Waals surface area contributed by atoms with Crippen molar-refractivity contribution < 1.29 is 27.4 Å². The van der Waals surface area contributed by atoms with E-state index in [1.54, 1.807) is 19.1 Å². The smallest absolute Gasteiger partial charge is 0.338 e. The fourth-order valence-corrected chi connectivity index (χ4v) is 5.72. The summed E-state index contributed by atoms with van der Waals surface area (Å²) in [5.41, 5.74) is 1.04. The lowest BCUT2D eigenvalue weighted by Gasteiger charge is -2.30. The monoisotopic (exact) mass is 500 g/mol. The highest BCUT2D eigenvalue weighted by atomic mass is 19.2. The van der Waals surface area contributed by atoms with Crippen LogP contribution in [0.2, 0.25) is 0 Å². The maximum absolute atomic E-state index is 15.1. The number of esters is 1. The van der Waals surface area contributed by atoms with Crippen molar-refractivity contribution >= 4 is 5.97 Å². The molecule has 0 bridgehead atoms. The van der Waals surface area contributed by atoms with Crippen LogP contribution in [0, 0.1) is 23.4 Å². The van der Waals surface area contributed by atoms with Crippen molar-refractivity contribution in [1.29, 1.82) is 0 Å². The van der Waals surface area contributed by atoms with E-state index >= 15 is 8.78 Å². The minimum Gasteiger partial charge on any atom is -0.491 e. The summed E-state index contributed by atoms with van der Waals surface area (Å²) in [5.74, 6) is -2.05. The Hall–Kier alpha value is -2.76. The molecule has 2 aliphatic rings. The maximum Gasteiger partial charge on any atom is 0.338 e. The van der Waals surface area contributed by atoms with Gasteiger partial charge >= 0.3 is 5.97 Å². The van der Waals surface area contributed by atoms with E-state index in [9.17, 15) is 9.18 Å². The average Bonchev–Trinajstić information content (AvgIpc) is 2.88. The Morgan fingerprint density at radius 1 is 0.889 bits per heavy atom. The Labute approximate surface area is 211 Å². The van der Waals surface area contributed by atoms with E-state index in [1.807, 2.05) is 6.92 Å². The maximum atomic E-state index is 15.1. The summed E-state index contributed by atoms with van der Waals surface area (Å²) in [5, 5.41) is 0. The van der Waals surface area contributed by atoms with E-state index in [0.29, 0.717) is 49.3 Å². The number of benzene rings is 2. The first-order chi connectivity index (χ1) is 17.4. The third-order valence-electron chi connectivity index (χ3n) is 7.67. The molecular formula is C30H35F3O3. The molecule has 2 aliphatic carbocycles. The van der Waals surface area contributed by atoms with Gasteiger partial charge in [-0.2, -0.15) is 0 Å². The molecule has 0 spiro atoms. The van der Waals surface area contributed by atoms with Crippen LogP contribution in [-0.2, 0) is 4.74 Å². The Morgan fingerprint density at radius 2 is 1.47 bits per heavy atom. The normalized spacial score (nSPS) is 24.6. The summed E-state index contributed by atoms with van der Waals surface area (Å²) in [7, 11) is 0. The number of allylic oxidation sites excluding steroid dienone is 2. The van der Waals surface area contributed by atoms with Gasteiger partial charge in [0.15, 0.2) is 23.2 Å². The third-order valence-corrected chi connectivity index (χ3v) is 7.67. The lowest BCUT2D eigenvalue weighted by molar-refractivity contribution is 0.0193. The van der Waals surface area contributed by atoms with Crippen LogP contribution in [0.4, 0.5) is 13.2 Å². The predicted molar refractivity (Wildman–Crippen MR) is 134 cm³/mol. The summed E-state index contributed by atoms with van der Waals surface area (Å²) in [6.45, 7) is 4.10. The van der Waals surface area contributed by atoms with E-state index in [1.165, 1.54) is 12.1 Å². The van der Waals surface area contributed by atoms with Gasteiger partial charge in [0.05, 0.1) is 12.2 Å². The number of hydrogen-bond donors (Lipinski definition) is 0. The van der Waals surface area contributed by atoms with Crippen LogP contribution in [0.25, 0.3) is 0 Å². The Balaban J connectivity index is 1.34. The van der Waals surface area contributed by atoms with Crippen molar-refractivity contribution in [1.82, 2.24) is 0 Å². The Kier molecular flexibility index (Phi) is 8.76. The van der Waals surface area contributed by atoms with E-state index in [2.05, 4.69) is 12.2 Å². The van der Waals surface area contributed by atoms with Gasteiger partial charge in [-0.3, -0.25) is 0 Å². The second kappa shape index (κ2) is 12.0. The molecule has 0 aliphatic heterocycles. The van der Waals surface area contributed by atoms with Gasteiger partial charge in [-0.15, -0.1) is 0 Å². The highest BCUT2D eigenvalue weighted by Crippen LogP contribution is 2.41. The number of carbonyl (C=O) groups is 1. The first-order valence-corrected chi connectivity index (χ1v) is 13.1. The number of ether oxygens (including phenoxy) is 2. The predicted octanol–water partition coefficient (Wildman–Crippen LogP) is 8.24. The minimum atomic E-state index is -0.728. The molecule has 194 valence electrons. The van der Waals surface area contributed by atoms with Gasteiger partial charge in [0.25, 0.3) is 0 Å². The first kappa shape index (κ1) is 26.3. The minimum absolute atomic E-state index is 0.0673. The van der Waals surface area contributed by atoms with E-state index < -0.39 is 23.4 Å². The Morgan fingerprint density at radius 3 is 2.00 bits per heavy atom. The van der Waals surface area contributed by atoms with Crippen LogP contribution >= 0.6 is 0 Å². The highest BCUT2D eigenvalue weighted by molar-refractivity contribution is 5.89. The molecule has 0 atom stereocenters. The van der Waals surface area contributed by atoms with Crippen LogP contribution < -0.4 is 4.74 Å². The summed E-state index contributed by atoms with van der Waals surface area (Å²) >= 11 is 0. The second-order valence-corrected chi connectivity index (χ2v) is 9.97. The largest absolute Gasteiger partial charge is 0.491 e. The van der Waals surface area contributed by atoms with Crippen molar-refractivity contribution in [2.75, 3.05) is 6.61 Å². The molecule has 0 saturated heterocycles. The third kappa shape index (κ3) is 5.96. The molecule has 36 heavy (non-hydrogen) atoms. The molecule has 0 aromatic heterocycles. The molecule has 0 heterocycles. The van der Waals surface area contributed by atoms with E-state index in [4.69, 9.17) is 9.47 Å². The molecule has 0 amide bonds. The fraction of sp³-hybridized carbons (Fsp3) is 0.500. The molecule has 0 unspecified atom stereocenters. The number of rotatable bonds is 7. The van der Waals surface area contributed by atoms with Gasteiger partial charge < -0.3 is 9.47 Å². The topological polar surface area (TPSA) is 35.5 Å². The van der Waals surface area contributed by atoms with Crippen molar-refractivity contribution in [3.05, 3.63) is 76.6 Å². The average molecular weight is 501 g/mol. The lowest BCUT2D eigenvalue weighted by atomic mass is 9.77. The van der Waals surface area contributed by atoms with E-state index in [0.717, 1.165) is 31.7 Å². The van der Waals surface area contributed by atoms with Crippen LogP contribution in [0.5, 0.6) is 5.75 Å². The SMILES string of the molecule is C/C=C/C1CCC(c2ccc(C3CCC(OC(=O)c4ccc(OCC)c(F)c4)CC3)c(F)c2F)CC1. The highest BCUT2D eigenvalue weighted by Gasteiger charge is 2.30. The number of carbonyl (C=O) groups excluding carboxylic acids is 1. The van der Waals surface area contributed by atoms with Crippen molar-refractivity contribution in [2.24, 2.45) is 5.92 Å². The molecule has 4 rings (SSSR count). The molecule has 6 heteroatoms. The summed E-state index contributed by atoms with van der Waals surface area (Å²) in [6, 6.07) is 7.55. The van der Waals surface area contributed by atoms with Crippen LogP contribution in [0.15, 0.2) is 42.5 Å². The zero-order valence-electron chi connectivity index (χ0n) is 21.1. The van der Waals surface area contributed by atoms with Crippen LogP contribution in [0.1, 0.15) is 98.5 Å². The standard InChI is InChI=1S/C30H35F3O3/c1-3-5-19-6-8-20(9-7-19)24-15-16-25(29(33)28(24)32)21-10-13-23(14-11-21)36-30(34)22-12-17-27(35-4-2)26(31)18-22/h3,5,12,15-21,23H,4,6-11,13-14H2,1-2H3/b5-3+. The molecular weight excluding hydrogens is 465 g/mol. The van der Waals surface area contributed by atoms with Gasteiger partial charge in [-0.05, 0) is 112 Å².